The van der Waals surface area contributed by atoms with Crippen molar-refractivity contribution in [2.75, 3.05) is 0 Å². The number of benzene rings is 1. The number of aryl methyl sites for hydroxylation is 2. The molecule has 0 unspecified atom stereocenters. The van der Waals surface area contributed by atoms with Gasteiger partial charge in [0.05, 0.1) is 11.8 Å². The van der Waals surface area contributed by atoms with Gasteiger partial charge in [-0.2, -0.15) is 5.10 Å². The first-order valence-electron chi connectivity index (χ1n) is 8.47. The maximum atomic E-state index is 13.6. The lowest BCUT2D eigenvalue weighted by Gasteiger charge is -2.10. The van der Waals surface area contributed by atoms with Crippen molar-refractivity contribution in [1.82, 2.24) is 29.0 Å². The van der Waals surface area contributed by atoms with Gasteiger partial charge in [0.25, 0.3) is 5.56 Å². The Hall–Kier alpha value is -3.49. The van der Waals surface area contributed by atoms with E-state index in [1.807, 2.05) is 6.92 Å². The van der Waals surface area contributed by atoms with Gasteiger partial charge < -0.3 is 4.84 Å². The molecule has 0 aliphatic heterocycles. The molecule has 0 spiro atoms. The van der Waals surface area contributed by atoms with E-state index in [-0.39, 0.29) is 22.5 Å². The smallest absolute Gasteiger partial charge is 0.283 e. The van der Waals surface area contributed by atoms with Crippen LogP contribution < -0.4 is 10.4 Å². The first-order chi connectivity index (χ1) is 13.1. The van der Waals surface area contributed by atoms with Crippen molar-refractivity contribution in [3.63, 3.8) is 0 Å². The molecule has 0 bridgehead atoms. The van der Waals surface area contributed by atoms with E-state index in [1.165, 1.54) is 33.8 Å². The van der Waals surface area contributed by atoms with Crippen LogP contribution in [0.3, 0.4) is 0 Å². The van der Waals surface area contributed by atoms with Crippen LogP contribution in [0.5, 0.6) is 5.75 Å². The van der Waals surface area contributed by atoms with Gasteiger partial charge in [0.2, 0.25) is 0 Å². The third kappa shape index (κ3) is 3.07. The largest absolute Gasteiger partial charge is 0.373 e. The molecule has 0 saturated heterocycles. The molecule has 0 saturated carbocycles. The standard InChI is InChI=1S/C18H17FN6O2/c1-3-7-24-11-20-16-15(18(24)26)25(27-14-6-4-5-13(19)8-14)17(22-16)12-9-21-23(2)10-12/h4-6,8-11H,3,7H2,1-2H3. The Bertz CT molecular complexity index is 1180. The third-order valence-electron chi connectivity index (χ3n) is 4.02. The van der Waals surface area contributed by atoms with E-state index in [0.29, 0.717) is 17.9 Å². The van der Waals surface area contributed by atoms with Crippen LogP contribution in [-0.4, -0.2) is 29.0 Å². The van der Waals surface area contributed by atoms with E-state index < -0.39 is 5.82 Å². The highest BCUT2D eigenvalue weighted by molar-refractivity contribution is 5.75. The Kier molecular flexibility index (Phi) is 4.19. The molecule has 0 N–H and O–H groups in total. The molecule has 0 fully saturated rings. The molecule has 9 heteroatoms. The monoisotopic (exact) mass is 368 g/mol. The van der Waals surface area contributed by atoms with Crippen LogP contribution in [0.25, 0.3) is 22.6 Å². The molecule has 0 amide bonds. The number of nitrogens with zero attached hydrogens (tertiary/aromatic N) is 6. The fraction of sp³-hybridized carbons (Fsp3) is 0.222. The van der Waals surface area contributed by atoms with Crippen LogP contribution in [0, 0.1) is 5.82 Å². The highest BCUT2D eigenvalue weighted by atomic mass is 19.1. The van der Waals surface area contributed by atoms with E-state index in [9.17, 15) is 9.18 Å². The molecular formula is C18H17FN6O2. The Morgan fingerprint density at radius 1 is 1.30 bits per heavy atom. The summed E-state index contributed by atoms with van der Waals surface area (Å²) in [4.78, 5) is 27.5. The zero-order chi connectivity index (χ0) is 19.0. The van der Waals surface area contributed by atoms with Gasteiger partial charge in [-0.25, -0.2) is 14.4 Å². The average Bonchev–Trinajstić information content (AvgIpc) is 3.22. The Morgan fingerprint density at radius 3 is 2.85 bits per heavy atom. The lowest BCUT2D eigenvalue weighted by molar-refractivity contribution is 0.230. The molecule has 0 atom stereocenters. The summed E-state index contributed by atoms with van der Waals surface area (Å²) in [5, 5.41) is 4.14. The van der Waals surface area contributed by atoms with Crippen molar-refractivity contribution in [2.24, 2.45) is 7.05 Å². The maximum Gasteiger partial charge on any atom is 0.283 e. The van der Waals surface area contributed by atoms with Gasteiger partial charge in [0, 0.05) is 25.9 Å². The third-order valence-corrected chi connectivity index (χ3v) is 4.02. The summed E-state index contributed by atoms with van der Waals surface area (Å²) in [5.74, 6) is 0.160. The zero-order valence-electron chi connectivity index (χ0n) is 14.8. The first-order valence-corrected chi connectivity index (χ1v) is 8.47. The van der Waals surface area contributed by atoms with Gasteiger partial charge in [-0.3, -0.25) is 14.0 Å². The molecule has 4 rings (SSSR count). The van der Waals surface area contributed by atoms with E-state index in [1.54, 1.807) is 30.2 Å². The van der Waals surface area contributed by atoms with E-state index in [4.69, 9.17) is 4.84 Å². The molecule has 0 radical (unpaired) electrons. The minimum Gasteiger partial charge on any atom is -0.373 e. The second kappa shape index (κ2) is 6.67. The van der Waals surface area contributed by atoms with Crippen molar-refractivity contribution < 1.29 is 9.23 Å². The van der Waals surface area contributed by atoms with Crippen LogP contribution in [0.4, 0.5) is 4.39 Å². The van der Waals surface area contributed by atoms with Gasteiger partial charge in [-0.05, 0) is 18.6 Å². The van der Waals surface area contributed by atoms with Crippen molar-refractivity contribution in [3.05, 3.63) is 59.2 Å². The number of halogens is 1. The van der Waals surface area contributed by atoms with Gasteiger partial charge in [0.1, 0.15) is 12.1 Å². The Labute approximate surface area is 153 Å². The van der Waals surface area contributed by atoms with Crippen LogP contribution in [0.15, 0.2) is 47.8 Å². The summed E-state index contributed by atoms with van der Waals surface area (Å²) in [7, 11) is 1.77. The molecule has 3 heterocycles. The molecule has 0 aliphatic rings. The maximum absolute atomic E-state index is 13.6. The topological polar surface area (TPSA) is 79.8 Å². The second-order valence-corrected chi connectivity index (χ2v) is 6.10. The SMILES string of the molecule is CCCn1cnc2nc(-c3cnn(C)c3)n(Oc3cccc(F)c3)c2c1=O. The van der Waals surface area contributed by atoms with E-state index in [0.717, 1.165) is 6.42 Å². The van der Waals surface area contributed by atoms with E-state index in [2.05, 4.69) is 15.1 Å². The van der Waals surface area contributed by atoms with Crippen LogP contribution in [0.2, 0.25) is 0 Å². The van der Waals surface area contributed by atoms with Crippen molar-refractivity contribution >= 4 is 11.2 Å². The highest BCUT2D eigenvalue weighted by Crippen LogP contribution is 2.23. The number of aromatic nitrogens is 6. The molecule has 4 aromatic rings. The zero-order valence-corrected chi connectivity index (χ0v) is 14.8. The van der Waals surface area contributed by atoms with Gasteiger partial charge in [-0.15, -0.1) is 4.73 Å². The van der Waals surface area contributed by atoms with E-state index >= 15 is 0 Å². The van der Waals surface area contributed by atoms with Crippen LogP contribution in [0.1, 0.15) is 13.3 Å². The number of hydrogen-bond acceptors (Lipinski definition) is 5. The summed E-state index contributed by atoms with van der Waals surface area (Å²) < 4.78 is 18.0. The quantitative estimate of drug-likeness (QED) is 0.540. The minimum absolute atomic E-state index is 0.189. The fourth-order valence-corrected chi connectivity index (χ4v) is 2.82. The summed E-state index contributed by atoms with van der Waals surface area (Å²) >= 11 is 0. The lowest BCUT2D eigenvalue weighted by atomic mass is 10.3. The number of rotatable bonds is 5. The Balaban J connectivity index is 1.96. The summed E-state index contributed by atoms with van der Waals surface area (Å²) in [6, 6.07) is 5.68. The molecule has 8 nitrogen and oxygen atoms in total. The average molecular weight is 368 g/mol. The molecule has 1 aromatic carbocycles. The molecule has 0 aliphatic carbocycles. The highest BCUT2D eigenvalue weighted by Gasteiger charge is 2.20. The molecule has 3 aromatic heterocycles. The lowest BCUT2D eigenvalue weighted by Crippen LogP contribution is -2.23. The number of hydrogen-bond donors (Lipinski definition) is 0. The van der Waals surface area contributed by atoms with Gasteiger partial charge >= 0.3 is 0 Å². The van der Waals surface area contributed by atoms with Crippen molar-refractivity contribution in [3.8, 4) is 17.1 Å². The summed E-state index contributed by atoms with van der Waals surface area (Å²) in [6.45, 7) is 2.49. The molecule has 27 heavy (non-hydrogen) atoms. The van der Waals surface area contributed by atoms with Gasteiger partial charge in [0.15, 0.2) is 22.7 Å². The predicted molar refractivity (Wildman–Crippen MR) is 96.7 cm³/mol. The van der Waals surface area contributed by atoms with Gasteiger partial charge in [-0.1, -0.05) is 13.0 Å². The molecule has 138 valence electrons. The number of imidazole rings is 1. The normalized spacial score (nSPS) is 11.2. The van der Waals surface area contributed by atoms with Crippen molar-refractivity contribution in [1.29, 1.82) is 0 Å². The second-order valence-electron chi connectivity index (χ2n) is 6.10. The predicted octanol–water partition coefficient (Wildman–Crippen LogP) is 2.38. The van der Waals surface area contributed by atoms with Crippen LogP contribution in [-0.2, 0) is 13.6 Å². The number of fused-ring (bicyclic) bond motifs is 1. The fourth-order valence-electron chi connectivity index (χ4n) is 2.82. The summed E-state index contributed by atoms with van der Waals surface area (Å²) in [6.07, 6.45) is 5.61. The minimum atomic E-state index is -0.443. The summed E-state index contributed by atoms with van der Waals surface area (Å²) in [5.41, 5.74) is 0.811. The first kappa shape index (κ1) is 17.0. The van der Waals surface area contributed by atoms with Crippen molar-refractivity contribution in [2.45, 2.75) is 19.9 Å². The molecular weight excluding hydrogens is 351 g/mol. The van der Waals surface area contributed by atoms with Crippen LogP contribution >= 0.6 is 0 Å². The Morgan fingerprint density at radius 2 is 2.15 bits per heavy atom.